The molecule has 136 valence electrons. The Morgan fingerprint density at radius 3 is 2.19 bits per heavy atom. The molecule has 0 aliphatic rings. The van der Waals surface area contributed by atoms with Gasteiger partial charge in [-0.2, -0.15) is 0 Å². The van der Waals surface area contributed by atoms with E-state index in [1.807, 2.05) is 6.92 Å². The third kappa shape index (κ3) is 4.51. The van der Waals surface area contributed by atoms with Gasteiger partial charge in [-0.15, -0.1) is 11.3 Å². The van der Waals surface area contributed by atoms with Crippen LogP contribution in [0.2, 0.25) is 0 Å². The molecule has 1 N–H and O–H groups in total. The van der Waals surface area contributed by atoms with Crippen molar-refractivity contribution in [2.45, 2.75) is 24.8 Å². The molecule has 0 unspecified atom stereocenters. The minimum atomic E-state index is -3.73. The maximum Gasteiger partial charge on any atom is 0.240 e. The van der Waals surface area contributed by atoms with Crippen LogP contribution in [0.1, 0.15) is 21.1 Å². The van der Waals surface area contributed by atoms with Crippen molar-refractivity contribution < 1.29 is 17.2 Å². The Balaban J connectivity index is 1.69. The molecule has 1 heterocycles. The first kappa shape index (κ1) is 18.6. The van der Waals surface area contributed by atoms with Crippen LogP contribution in [0, 0.1) is 18.6 Å². The van der Waals surface area contributed by atoms with Gasteiger partial charge in [0.2, 0.25) is 10.0 Å². The van der Waals surface area contributed by atoms with Crippen LogP contribution >= 0.6 is 11.3 Å². The summed E-state index contributed by atoms with van der Waals surface area (Å²) in [7, 11) is -3.73. The highest BCUT2D eigenvalue weighted by molar-refractivity contribution is 7.89. The second kappa shape index (κ2) is 7.61. The van der Waals surface area contributed by atoms with Crippen molar-refractivity contribution in [2.75, 3.05) is 0 Å². The largest absolute Gasteiger partial charge is 0.245 e. The molecule has 0 saturated carbocycles. The van der Waals surface area contributed by atoms with Gasteiger partial charge < -0.3 is 0 Å². The fourth-order valence-corrected chi connectivity index (χ4v) is 4.49. The third-order valence-electron chi connectivity index (χ3n) is 3.75. The summed E-state index contributed by atoms with van der Waals surface area (Å²) in [5, 5.41) is 0.630. The molecule has 1 aromatic heterocycles. The van der Waals surface area contributed by atoms with E-state index in [2.05, 4.69) is 9.71 Å². The van der Waals surface area contributed by atoms with Gasteiger partial charge in [0.15, 0.2) is 0 Å². The summed E-state index contributed by atoms with van der Waals surface area (Å²) in [6, 6.07) is 10.9. The number of nitrogens with one attached hydrogen (secondary N) is 1. The quantitative estimate of drug-likeness (QED) is 0.692. The summed E-state index contributed by atoms with van der Waals surface area (Å²) >= 11 is 1.41. The van der Waals surface area contributed by atoms with Gasteiger partial charge in [0, 0.05) is 11.3 Å². The summed E-state index contributed by atoms with van der Waals surface area (Å²) in [5.41, 5.74) is 1.77. The van der Waals surface area contributed by atoms with Crippen molar-refractivity contribution in [3.8, 4) is 0 Å². The summed E-state index contributed by atoms with van der Waals surface area (Å²) in [6.07, 6.45) is 0.606. The molecule has 3 aromatic rings. The van der Waals surface area contributed by atoms with Gasteiger partial charge >= 0.3 is 0 Å². The van der Waals surface area contributed by atoms with Crippen molar-refractivity contribution in [1.29, 1.82) is 0 Å². The van der Waals surface area contributed by atoms with Crippen molar-refractivity contribution in [3.63, 3.8) is 0 Å². The highest BCUT2D eigenvalue weighted by atomic mass is 32.2. The predicted molar refractivity (Wildman–Crippen MR) is 96.5 cm³/mol. The SMILES string of the molecule is Cc1nc(CNS(=O)(=O)c2ccc(F)cc2)sc1Cc1ccc(F)cc1. The van der Waals surface area contributed by atoms with Crippen molar-refractivity contribution in [1.82, 2.24) is 9.71 Å². The van der Waals surface area contributed by atoms with Crippen LogP contribution in [0.5, 0.6) is 0 Å². The second-order valence-electron chi connectivity index (χ2n) is 5.70. The lowest BCUT2D eigenvalue weighted by molar-refractivity contribution is 0.580. The van der Waals surface area contributed by atoms with Gasteiger partial charge in [-0.3, -0.25) is 0 Å². The van der Waals surface area contributed by atoms with Crippen LogP contribution in [0.4, 0.5) is 8.78 Å². The zero-order valence-electron chi connectivity index (χ0n) is 13.9. The molecule has 0 radical (unpaired) electrons. The van der Waals surface area contributed by atoms with E-state index in [1.54, 1.807) is 12.1 Å². The molecule has 0 fully saturated rings. The fraction of sp³-hybridized carbons (Fsp3) is 0.167. The average Bonchev–Trinajstić information content (AvgIpc) is 2.95. The number of sulfonamides is 1. The second-order valence-corrected chi connectivity index (χ2v) is 8.63. The van der Waals surface area contributed by atoms with E-state index in [4.69, 9.17) is 0 Å². The number of rotatable bonds is 6. The molecule has 3 rings (SSSR count). The van der Waals surface area contributed by atoms with Gasteiger partial charge in [-0.1, -0.05) is 12.1 Å². The van der Waals surface area contributed by atoms with E-state index in [1.165, 1.54) is 35.6 Å². The number of thiazole rings is 1. The van der Waals surface area contributed by atoms with Gasteiger partial charge in [0.1, 0.15) is 16.6 Å². The molecule has 26 heavy (non-hydrogen) atoms. The standard InChI is InChI=1S/C18H16F2N2O2S2/c1-12-17(10-13-2-4-14(19)5-3-13)25-18(22-12)11-21-26(23,24)16-8-6-15(20)7-9-16/h2-9,21H,10-11H2,1H3. The highest BCUT2D eigenvalue weighted by Gasteiger charge is 2.16. The minimum Gasteiger partial charge on any atom is -0.245 e. The van der Waals surface area contributed by atoms with Crippen LogP contribution in [-0.4, -0.2) is 13.4 Å². The highest BCUT2D eigenvalue weighted by Crippen LogP contribution is 2.22. The minimum absolute atomic E-state index is 0.00119. The molecule has 8 heteroatoms. The van der Waals surface area contributed by atoms with Crippen LogP contribution in [-0.2, 0) is 23.0 Å². The average molecular weight is 394 g/mol. The number of nitrogens with zero attached hydrogens (tertiary/aromatic N) is 1. The van der Waals surface area contributed by atoms with Gasteiger partial charge in [0.05, 0.1) is 17.1 Å². The van der Waals surface area contributed by atoms with Gasteiger partial charge in [0.25, 0.3) is 0 Å². The number of hydrogen-bond donors (Lipinski definition) is 1. The van der Waals surface area contributed by atoms with E-state index < -0.39 is 15.8 Å². The lowest BCUT2D eigenvalue weighted by Crippen LogP contribution is -2.23. The first-order valence-electron chi connectivity index (χ1n) is 7.78. The number of hydrogen-bond acceptors (Lipinski definition) is 4. The lowest BCUT2D eigenvalue weighted by atomic mass is 10.1. The maximum atomic E-state index is 13.0. The number of halogens is 2. The number of aromatic nitrogens is 1. The zero-order chi connectivity index (χ0) is 18.7. The molecule has 0 amide bonds. The monoisotopic (exact) mass is 394 g/mol. The Labute approximate surface area is 154 Å². The third-order valence-corrected chi connectivity index (χ3v) is 6.33. The summed E-state index contributed by atoms with van der Waals surface area (Å²) < 4.78 is 52.9. The van der Waals surface area contributed by atoms with E-state index in [9.17, 15) is 17.2 Å². The molecule has 0 aliphatic heterocycles. The molecule has 0 bridgehead atoms. The molecule has 4 nitrogen and oxygen atoms in total. The number of aryl methyl sites for hydroxylation is 1. The zero-order valence-corrected chi connectivity index (χ0v) is 15.5. The number of benzene rings is 2. The first-order chi connectivity index (χ1) is 12.3. The van der Waals surface area contributed by atoms with Gasteiger partial charge in [-0.05, 0) is 48.9 Å². The Bertz CT molecular complexity index is 999. The van der Waals surface area contributed by atoms with Crippen molar-refractivity contribution >= 4 is 21.4 Å². The van der Waals surface area contributed by atoms with Crippen LogP contribution in [0.3, 0.4) is 0 Å². The molecule has 0 spiro atoms. The summed E-state index contributed by atoms with van der Waals surface area (Å²) in [5.74, 6) is -0.782. The van der Waals surface area contributed by atoms with Crippen molar-refractivity contribution in [3.05, 3.63) is 81.3 Å². The van der Waals surface area contributed by atoms with E-state index in [0.29, 0.717) is 11.4 Å². The smallest absolute Gasteiger partial charge is 0.240 e. The normalized spacial score (nSPS) is 11.7. The summed E-state index contributed by atoms with van der Waals surface area (Å²) in [4.78, 5) is 5.38. The molecule has 0 aliphatic carbocycles. The Hall–Kier alpha value is -2.16. The molecular formula is C18H16F2N2O2S2. The molecule has 0 saturated heterocycles. The van der Waals surface area contributed by atoms with E-state index >= 15 is 0 Å². The lowest BCUT2D eigenvalue weighted by Gasteiger charge is -2.04. The Kier molecular flexibility index (Phi) is 5.45. The Morgan fingerprint density at radius 2 is 1.58 bits per heavy atom. The maximum absolute atomic E-state index is 13.0. The molecule has 2 aromatic carbocycles. The fourth-order valence-electron chi connectivity index (χ4n) is 2.37. The first-order valence-corrected chi connectivity index (χ1v) is 10.1. The Morgan fingerprint density at radius 1 is 1.00 bits per heavy atom. The predicted octanol–water partition coefficient (Wildman–Crippen LogP) is 3.80. The van der Waals surface area contributed by atoms with Crippen LogP contribution in [0.25, 0.3) is 0 Å². The van der Waals surface area contributed by atoms with E-state index in [0.717, 1.165) is 28.3 Å². The molecule has 0 atom stereocenters. The van der Waals surface area contributed by atoms with Gasteiger partial charge in [-0.25, -0.2) is 26.9 Å². The van der Waals surface area contributed by atoms with E-state index in [-0.39, 0.29) is 17.3 Å². The van der Waals surface area contributed by atoms with Crippen molar-refractivity contribution in [2.24, 2.45) is 0 Å². The van der Waals surface area contributed by atoms with Crippen LogP contribution < -0.4 is 4.72 Å². The topological polar surface area (TPSA) is 59.1 Å². The van der Waals surface area contributed by atoms with Crippen LogP contribution in [0.15, 0.2) is 53.4 Å². The summed E-state index contributed by atoms with van der Waals surface area (Å²) in [6.45, 7) is 1.90. The molecular weight excluding hydrogens is 378 g/mol.